The van der Waals surface area contributed by atoms with Gasteiger partial charge in [0.05, 0.1) is 0 Å². The quantitative estimate of drug-likeness (QED) is 0.753. The van der Waals surface area contributed by atoms with Gasteiger partial charge in [-0.3, -0.25) is 4.79 Å². The average molecular weight is 253 g/mol. The number of hydrogen-bond donors (Lipinski definition) is 0. The Balaban J connectivity index is 2.70. The van der Waals surface area contributed by atoms with E-state index < -0.39 is 0 Å². The lowest BCUT2D eigenvalue weighted by Crippen LogP contribution is -1.98. The molecule has 0 aliphatic heterocycles. The molecule has 1 aromatic rings. The van der Waals surface area contributed by atoms with Gasteiger partial charge in [-0.05, 0) is 37.6 Å². The molecule has 0 heterocycles. The Labute approximate surface area is 93.0 Å². The van der Waals surface area contributed by atoms with E-state index in [2.05, 4.69) is 15.9 Å². The Hall–Kier alpha value is -0.890. The highest BCUT2D eigenvalue weighted by Crippen LogP contribution is 2.12. The van der Waals surface area contributed by atoms with Crippen LogP contribution in [0.3, 0.4) is 0 Å². The number of hydrogen-bond acceptors (Lipinski definition) is 1. The van der Waals surface area contributed by atoms with Crippen molar-refractivity contribution >= 4 is 21.7 Å². The zero-order valence-electron chi connectivity index (χ0n) is 8.38. The first-order valence-corrected chi connectivity index (χ1v) is 5.29. The molecule has 1 rings (SSSR count). The van der Waals surface area contributed by atoms with Gasteiger partial charge in [-0.25, -0.2) is 0 Å². The zero-order valence-corrected chi connectivity index (χ0v) is 9.97. The number of carbonyl (C=O) groups is 1. The second-order valence-electron chi connectivity index (χ2n) is 3.49. The predicted molar refractivity (Wildman–Crippen MR) is 62.3 cm³/mol. The van der Waals surface area contributed by atoms with Crippen LogP contribution in [-0.4, -0.2) is 5.78 Å². The number of allylic oxidation sites excluding steroid dienone is 2. The molecule has 0 bridgehead atoms. The number of carbonyl (C=O) groups excluding carboxylic acids is 1. The second-order valence-corrected chi connectivity index (χ2v) is 4.41. The Morgan fingerprint density at radius 3 is 2.71 bits per heavy atom. The van der Waals surface area contributed by atoms with Gasteiger partial charge < -0.3 is 0 Å². The van der Waals surface area contributed by atoms with Crippen molar-refractivity contribution in [3.63, 3.8) is 0 Å². The fourth-order valence-electron chi connectivity index (χ4n) is 1.22. The SMILES string of the molecule is CC(C)=CC(=O)Cc1cccc(Br)c1. The highest BCUT2D eigenvalue weighted by molar-refractivity contribution is 9.10. The minimum Gasteiger partial charge on any atom is -0.294 e. The van der Waals surface area contributed by atoms with Gasteiger partial charge in [-0.1, -0.05) is 33.6 Å². The van der Waals surface area contributed by atoms with Crippen LogP contribution in [0.5, 0.6) is 0 Å². The largest absolute Gasteiger partial charge is 0.294 e. The van der Waals surface area contributed by atoms with Crippen molar-refractivity contribution in [3.05, 3.63) is 46.0 Å². The molecule has 0 atom stereocenters. The van der Waals surface area contributed by atoms with Crippen molar-refractivity contribution in [2.75, 3.05) is 0 Å². The van der Waals surface area contributed by atoms with Crippen molar-refractivity contribution in [1.29, 1.82) is 0 Å². The molecule has 0 aliphatic rings. The van der Waals surface area contributed by atoms with Gasteiger partial charge in [0.25, 0.3) is 0 Å². The summed E-state index contributed by atoms with van der Waals surface area (Å²) >= 11 is 3.38. The monoisotopic (exact) mass is 252 g/mol. The topological polar surface area (TPSA) is 17.1 Å². The smallest absolute Gasteiger partial charge is 0.159 e. The Bertz CT molecular complexity index is 362. The number of benzene rings is 1. The van der Waals surface area contributed by atoms with E-state index in [9.17, 15) is 4.79 Å². The number of halogens is 1. The molecule has 1 nitrogen and oxygen atoms in total. The van der Waals surface area contributed by atoms with Crippen LogP contribution in [0.1, 0.15) is 19.4 Å². The van der Waals surface area contributed by atoms with Crippen LogP contribution in [0, 0.1) is 0 Å². The summed E-state index contributed by atoms with van der Waals surface area (Å²) in [6.45, 7) is 3.86. The minimum atomic E-state index is 0.156. The average Bonchev–Trinajstić information content (AvgIpc) is 2.01. The molecule has 0 radical (unpaired) electrons. The fraction of sp³-hybridized carbons (Fsp3) is 0.250. The third-order valence-corrected chi connectivity index (χ3v) is 2.21. The third-order valence-electron chi connectivity index (χ3n) is 1.72. The summed E-state index contributed by atoms with van der Waals surface area (Å²) in [7, 11) is 0. The molecule has 0 saturated carbocycles. The van der Waals surface area contributed by atoms with E-state index in [0.717, 1.165) is 15.6 Å². The van der Waals surface area contributed by atoms with Crippen LogP contribution in [0.25, 0.3) is 0 Å². The van der Waals surface area contributed by atoms with Crippen molar-refractivity contribution in [1.82, 2.24) is 0 Å². The lowest BCUT2D eigenvalue weighted by Gasteiger charge is -1.98. The molecular weight excluding hydrogens is 240 g/mol. The molecule has 1 aromatic carbocycles. The lowest BCUT2D eigenvalue weighted by atomic mass is 10.1. The van der Waals surface area contributed by atoms with Crippen LogP contribution < -0.4 is 0 Å². The van der Waals surface area contributed by atoms with Crippen LogP contribution in [0.4, 0.5) is 0 Å². The van der Waals surface area contributed by atoms with E-state index in [1.807, 2.05) is 38.1 Å². The number of ketones is 1. The van der Waals surface area contributed by atoms with Gasteiger partial charge in [0.2, 0.25) is 0 Å². The summed E-state index contributed by atoms with van der Waals surface area (Å²) in [6.07, 6.45) is 2.16. The standard InChI is InChI=1S/C12H13BrO/c1-9(2)6-12(14)8-10-4-3-5-11(13)7-10/h3-7H,8H2,1-2H3. The Kier molecular flexibility index (Phi) is 4.08. The van der Waals surface area contributed by atoms with Gasteiger partial charge in [0, 0.05) is 10.9 Å². The van der Waals surface area contributed by atoms with Crippen molar-refractivity contribution in [2.45, 2.75) is 20.3 Å². The molecule has 2 heteroatoms. The van der Waals surface area contributed by atoms with Crippen molar-refractivity contribution < 1.29 is 4.79 Å². The van der Waals surface area contributed by atoms with E-state index in [1.54, 1.807) is 6.08 Å². The summed E-state index contributed by atoms with van der Waals surface area (Å²) in [5.41, 5.74) is 2.09. The summed E-state index contributed by atoms with van der Waals surface area (Å²) in [6, 6.07) is 7.82. The van der Waals surface area contributed by atoms with E-state index in [4.69, 9.17) is 0 Å². The van der Waals surface area contributed by atoms with Crippen LogP contribution in [-0.2, 0) is 11.2 Å². The molecule has 0 aliphatic carbocycles. The van der Waals surface area contributed by atoms with E-state index in [1.165, 1.54) is 0 Å². The molecule has 0 fully saturated rings. The Morgan fingerprint density at radius 2 is 2.14 bits per heavy atom. The molecule has 0 aromatic heterocycles. The van der Waals surface area contributed by atoms with Gasteiger partial charge in [-0.15, -0.1) is 0 Å². The van der Waals surface area contributed by atoms with E-state index in [0.29, 0.717) is 6.42 Å². The summed E-state index contributed by atoms with van der Waals surface area (Å²) in [4.78, 5) is 11.4. The van der Waals surface area contributed by atoms with Crippen LogP contribution in [0.2, 0.25) is 0 Å². The first-order valence-electron chi connectivity index (χ1n) is 4.50. The fourth-order valence-corrected chi connectivity index (χ4v) is 1.67. The molecule has 0 amide bonds. The minimum absolute atomic E-state index is 0.156. The van der Waals surface area contributed by atoms with E-state index >= 15 is 0 Å². The van der Waals surface area contributed by atoms with Crippen molar-refractivity contribution in [2.24, 2.45) is 0 Å². The first kappa shape index (κ1) is 11.2. The molecular formula is C12H13BrO. The van der Waals surface area contributed by atoms with Crippen LogP contribution >= 0.6 is 15.9 Å². The first-order chi connectivity index (χ1) is 6.58. The maximum atomic E-state index is 11.4. The number of rotatable bonds is 3. The molecule has 0 spiro atoms. The second kappa shape index (κ2) is 5.11. The van der Waals surface area contributed by atoms with Crippen LogP contribution in [0.15, 0.2) is 40.4 Å². The van der Waals surface area contributed by atoms with Gasteiger partial charge >= 0.3 is 0 Å². The zero-order chi connectivity index (χ0) is 10.6. The molecule has 14 heavy (non-hydrogen) atoms. The summed E-state index contributed by atoms with van der Waals surface area (Å²) in [5, 5.41) is 0. The van der Waals surface area contributed by atoms with Gasteiger partial charge in [0.15, 0.2) is 5.78 Å². The summed E-state index contributed by atoms with van der Waals surface area (Å²) in [5.74, 6) is 0.156. The highest BCUT2D eigenvalue weighted by Gasteiger charge is 2.00. The molecule has 0 N–H and O–H groups in total. The Morgan fingerprint density at radius 1 is 1.43 bits per heavy atom. The molecule has 74 valence electrons. The van der Waals surface area contributed by atoms with E-state index in [-0.39, 0.29) is 5.78 Å². The van der Waals surface area contributed by atoms with Gasteiger partial charge in [0.1, 0.15) is 0 Å². The highest BCUT2D eigenvalue weighted by atomic mass is 79.9. The normalized spacial score (nSPS) is 9.64. The maximum absolute atomic E-state index is 11.4. The van der Waals surface area contributed by atoms with Crippen molar-refractivity contribution in [3.8, 4) is 0 Å². The maximum Gasteiger partial charge on any atom is 0.159 e. The lowest BCUT2D eigenvalue weighted by molar-refractivity contribution is -0.114. The predicted octanol–water partition coefficient (Wildman–Crippen LogP) is 3.53. The molecule has 0 saturated heterocycles. The van der Waals surface area contributed by atoms with Gasteiger partial charge in [-0.2, -0.15) is 0 Å². The molecule has 0 unspecified atom stereocenters. The third kappa shape index (κ3) is 3.88. The summed E-state index contributed by atoms with van der Waals surface area (Å²) < 4.78 is 1.01.